The maximum Gasteiger partial charge on any atom is 0.271 e. The Hall–Kier alpha value is -2.74. The average molecular weight is 474 g/mol. The van der Waals surface area contributed by atoms with Gasteiger partial charge in [-0.25, -0.2) is 0 Å². The van der Waals surface area contributed by atoms with Gasteiger partial charge >= 0.3 is 0 Å². The van der Waals surface area contributed by atoms with Crippen molar-refractivity contribution in [3.8, 4) is 11.9 Å². The third-order valence-electron chi connectivity index (χ3n) is 5.05. The number of amides is 1. The van der Waals surface area contributed by atoms with Crippen LogP contribution in [-0.4, -0.2) is 37.1 Å². The van der Waals surface area contributed by atoms with Crippen LogP contribution in [0, 0.1) is 18.3 Å². The van der Waals surface area contributed by atoms with E-state index in [-0.39, 0.29) is 21.0 Å². The highest BCUT2D eigenvalue weighted by Gasteiger charge is 2.35. The molecule has 10 heteroatoms. The summed E-state index contributed by atoms with van der Waals surface area (Å²) in [6.07, 6.45) is 2.23. The lowest BCUT2D eigenvalue weighted by atomic mass is 10.0. The Morgan fingerprint density at radius 2 is 2.13 bits per heavy atom. The van der Waals surface area contributed by atoms with E-state index >= 15 is 0 Å². The van der Waals surface area contributed by atoms with Crippen molar-refractivity contribution in [2.45, 2.75) is 33.2 Å². The highest BCUT2D eigenvalue weighted by Crippen LogP contribution is 2.34. The highest BCUT2D eigenvalue weighted by molar-refractivity contribution is 8.26. The molecule has 1 aliphatic heterocycles. The van der Waals surface area contributed by atoms with Crippen LogP contribution in [0.4, 0.5) is 0 Å². The van der Waals surface area contributed by atoms with Gasteiger partial charge < -0.3 is 5.11 Å². The van der Waals surface area contributed by atoms with Gasteiger partial charge in [-0.2, -0.15) is 5.26 Å². The molecule has 1 saturated heterocycles. The minimum atomic E-state index is -0.645. The van der Waals surface area contributed by atoms with E-state index in [1.165, 1.54) is 23.2 Å². The summed E-state index contributed by atoms with van der Waals surface area (Å²) in [5.41, 5.74) is -0.904. The molecule has 160 valence electrons. The summed E-state index contributed by atoms with van der Waals surface area (Å²) >= 11 is 7.86. The quantitative estimate of drug-likeness (QED) is 0.386. The van der Waals surface area contributed by atoms with Crippen molar-refractivity contribution in [2.24, 2.45) is 0 Å². The molecule has 1 N–H and O–H groups in total. The number of carbonyl (C=O) groups excluding carboxylic acids is 2. The molecule has 0 aliphatic carbocycles. The van der Waals surface area contributed by atoms with Gasteiger partial charge in [0.05, 0.1) is 17.0 Å². The van der Waals surface area contributed by atoms with Crippen molar-refractivity contribution < 1.29 is 14.7 Å². The first-order valence-corrected chi connectivity index (χ1v) is 11.5. The molecule has 1 atom stereocenters. The number of ketones is 1. The second-order valence-corrected chi connectivity index (χ2v) is 9.60. The normalized spacial score (nSPS) is 16.1. The van der Waals surface area contributed by atoms with Gasteiger partial charge in [0.15, 0.2) is 5.78 Å². The number of hydrogen-bond donors (Lipinski definition) is 1. The van der Waals surface area contributed by atoms with Crippen LogP contribution >= 0.6 is 35.3 Å². The van der Waals surface area contributed by atoms with Crippen molar-refractivity contribution in [1.29, 1.82) is 5.26 Å². The Balaban J connectivity index is 1.99. The van der Waals surface area contributed by atoms with Crippen molar-refractivity contribution in [3.63, 3.8) is 0 Å². The Morgan fingerprint density at radius 3 is 2.71 bits per heavy atom. The number of thioether (sulfide) groups is 1. The van der Waals surface area contributed by atoms with E-state index in [9.17, 15) is 24.8 Å². The SMILES string of the molecule is CCC(C)n1c(O)c(C(=O)CN2C(=O)/C(=C/c3cccs3)SC2=S)c(C)c(C#N)c1=O. The maximum absolute atomic E-state index is 13.1. The van der Waals surface area contributed by atoms with Crippen molar-refractivity contribution in [2.75, 3.05) is 6.54 Å². The summed E-state index contributed by atoms with van der Waals surface area (Å²) < 4.78 is 1.29. The molecule has 0 bridgehead atoms. The van der Waals surface area contributed by atoms with E-state index in [1.807, 2.05) is 30.5 Å². The van der Waals surface area contributed by atoms with E-state index in [0.29, 0.717) is 11.3 Å². The van der Waals surface area contributed by atoms with Crippen LogP contribution in [-0.2, 0) is 4.79 Å². The average Bonchev–Trinajstić information content (AvgIpc) is 3.32. The van der Waals surface area contributed by atoms with Crippen LogP contribution in [0.15, 0.2) is 27.2 Å². The van der Waals surface area contributed by atoms with Gasteiger partial charge in [0, 0.05) is 10.9 Å². The summed E-state index contributed by atoms with van der Waals surface area (Å²) in [4.78, 5) is 41.0. The number of thiophene rings is 1. The minimum absolute atomic E-state index is 0.0918. The number of carbonyl (C=O) groups is 2. The highest BCUT2D eigenvalue weighted by atomic mass is 32.2. The van der Waals surface area contributed by atoms with Crippen LogP contribution < -0.4 is 5.56 Å². The third-order valence-corrected chi connectivity index (χ3v) is 7.25. The van der Waals surface area contributed by atoms with E-state index < -0.39 is 35.7 Å². The first-order chi connectivity index (χ1) is 14.7. The molecule has 1 unspecified atom stereocenters. The van der Waals surface area contributed by atoms with E-state index in [0.717, 1.165) is 21.2 Å². The number of hydrogen-bond acceptors (Lipinski definition) is 8. The molecule has 7 nitrogen and oxygen atoms in total. The van der Waals surface area contributed by atoms with Gasteiger partial charge in [0.25, 0.3) is 11.5 Å². The molecule has 2 aromatic rings. The molecular formula is C21H19N3O4S3. The predicted molar refractivity (Wildman–Crippen MR) is 125 cm³/mol. The van der Waals surface area contributed by atoms with Gasteiger partial charge in [-0.3, -0.25) is 23.9 Å². The van der Waals surface area contributed by atoms with E-state index in [2.05, 4.69) is 0 Å². The lowest BCUT2D eigenvalue weighted by Crippen LogP contribution is -2.35. The summed E-state index contributed by atoms with van der Waals surface area (Å²) in [5.74, 6) is -1.50. The summed E-state index contributed by atoms with van der Waals surface area (Å²) in [6, 6.07) is 5.15. The summed E-state index contributed by atoms with van der Waals surface area (Å²) in [6.45, 7) is 4.58. The van der Waals surface area contributed by atoms with E-state index in [4.69, 9.17) is 12.2 Å². The topological polar surface area (TPSA) is 103 Å². The summed E-state index contributed by atoms with van der Waals surface area (Å²) in [7, 11) is 0. The largest absolute Gasteiger partial charge is 0.494 e. The molecule has 0 aromatic carbocycles. The predicted octanol–water partition coefficient (Wildman–Crippen LogP) is 3.85. The lowest BCUT2D eigenvalue weighted by molar-refractivity contribution is -0.121. The maximum atomic E-state index is 13.1. The number of nitrogens with zero attached hydrogens (tertiary/aromatic N) is 3. The van der Waals surface area contributed by atoms with Crippen LogP contribution in [0.3, 0.4) is 0 Å². The number of nitriles is 1. The Kier molecular flexibility index (Phi) is 6.79. The van der Waals surface area contributed by atoms with Gasteiger partial charge in [-0.05, 0) is 43.4 Å². The zero-order valence-corrected chi connectivity index (χ0v) is 19.5. The molecule has 3 rings (SSSR count). The number of aromatic nitrogens is 1. The molecular weight excluding hydrogens is 454 g/mol. The van der Waals surface area contributed by atoms with E-state index in [1.54, 1.807) is 13.0 Å². The molecule has 0 saturated carbocycles. The number of aromatic hydroxyl groups is 1. The van der Waals surface area contributed by atoms with Crippen LogP contribution in [0.2, 0.25) is 0 Å². The van der Waals surface area contributed by atoms with Crippen molar-refractivity contribution in [1.82, 2.24) is 9.47 Å². The molecule has 0 radical (unpaired) electrons. The minimum Gasteiger partial charge on any atom is -0.494 e. The molecule has 3 heterocycles. The number of pyridine rings is 1. The Labute approximate surface area is 192 Å². The first kappa shape index (κ1) is 22.9. The van der Waals surface area contributed by atoms with Gasteiger partial charge in [-0.15, -0.1) is 11.3 Å². The molecule has 1 aliphatic rings. The molecule has 0 spiro atoms. The van der Waals surface area contributed by atoms with Crippen LogP contribution in [0.25, 0.3) is 6.08 Å². The Morgan fingerprint density at radius 1 is 1.42 bits per heavy atom. The van der Waals surface area contributed by atoms with Crippen LogP contribution in [0.1, 0.15) is 52.7 Å². The van der Waals surface area contributed by atoms with Crippen molar-refractivity contribution >= 4 is 57.4 Å². The monoisotopic (exact) mass is 473 g/mol. The zero-order valence-electron chi connectivity index (χ0n) is 17.0. The first-order valence-electron chi connectivity index (χ1n) is 9.41. The lowest BCUT2D eigenvalue weighted by Gasteiger charge is -2.21. The van der Waals surface area contributed by atoms with Gasteiger partial charge in [0.2, 0.25) is 5.88 Å². The second kappa shape index (κ2) is 9.18. The van der Waals surface area contributed by atoms with Crippen molar-refractivity contribution in [3.05, 3.63) is 54.3 Å². The molecule has 1 amide bonds. The number of Topliss-reactive ketones (excluding diaryl/α,β-unsaturated/α-hetero) is 1. The molecule has 31 heavy (non-hydrogen) atoms. The zero-order chi connectivity index (χ0) is 22.9. The molecule has 2 aromatic heterocycles. The smallest absolute Gasteiger partial charge is 0.271 e. The van der Waals surface area contributed by atoms with Crippen LogP contribution in [0.5, 0.6) is 5.88 Å². The van der Waals surface area contributed by atoms with Gasteiger partial charge in [0.1, 0.15) is 16.0 Å². The second-order valence-electron chi connectivity index (χ2n) is 6.95. The standard InChI is InChI=1S/C21H19N3O4S3/c1-4-11(2)24-18(26)14(9-22)12(3)17(20(24)28)15(25)10-23-19(27)16(31-21(23)29)8-13-6-5-7-30-13/h5-8,11,28H,4,10H2,1-3H3/b16-8-. The fourth-order valence-electron chi connectivity index (χ4n) is 3.21. The summed E-state index contributed by atoms with van der Waals surface area (Å²) in [5, 5.41) is 22.1. The van der Waals surface area contributed by atoms with Gasteiger partial charge in [-0.1, -0.05) is 37.0 Å². The number of thiocarbonyl (C=S) groups is 1. The Bertz CT molecular complexity index is 1210. The molecule has 1 fully saturated rings. The third kappa shape index (κ3) is 4.21. The fourth-order valence-corrected chi connectivity index (χ4v) is 5.19. The fraction of sp³-hybridized carbons (Fsp3) is 0.286. The number of rotatable bonds is 6.